The molecule has 3 rings (SSSR count). The lowest BCUT2D eigenvalue weighted by molar-refractivity contribution is -0.193. The fourth-order valence-corrected chi connectivity index (χ4v) is 2.65. The van der Waals surface area contributed by atoms with Crippen molar-refractivity contribution in [2.75, 3.05) is 13.6 Å². The van der Waals surface area contributed by atoms with Crippen LogP contribution in [0.5, 0.6) is 0 Å². The molecule has 0 unspecified atom stereocenters. The van der Waals surface area contributed by atoms with Crippen molar-refractivity contribution >= 4 is 11.9 Å². The van der Waals surface area contributed by atoms with Crippen LogP contribution in [0.2, 0.25) is 0 Å². The van der Waals surface area contributed by atoms with Crippen molar-refractivity contribution in [2.45, 2.75) is 58.4 Å². The summed E-state index contributed by atoms with van der Waals surface area (Å²) in [5, 5.41) is 14.2. The van der Waals surface area contributed by atoms with Gasteiger partial charge in [0.15, 0.2) is 0 Å². The minimum absolute atomic E-state index is 0.543. The van der Waals surface area contributed by atoms with Gasteiger partial charge in [0.1, 0.15) is 5.82 Å². The van der Waals surface area contributed by atoms with Gasteiger partial charge in [-0.15, -0.1) is 0 Å². The molecule has 0 aliphatic carbocycles. The van der Waals surface area contributed by atoms with Gasteiger partial charge >= 0.3 is 24.3 Å². The van der Waals surface area contributed by atoms with Gasteiger partial charge in [-0.2, -0.15) is 26.3 Å². The summed E-state index contributed by atoms with van der Waals surface area (Å²) in [5.74, 6) is -4.34. The van der Waals surface area contributed by atoms with Crippen LogP contribution in [0.3, 0.4) is 0 Å². The first-order valence-electron chi connectivity index (χ1n) is 10.1. The molecule has 1 aliphatic heterocycles. The van der Waals surface area contributed by atoms with Crippen molar-refractivity contribution in [1.29, 1.82) is 0 Å². The summed E-state index contributed by atoms with van der Waals surface area (Å²) in [5.41, 5.74) is 2.40. The maximum Gasteiger partial charge on any atom is 0.490 e. The van der Waals surface area contributed by atoms with Crippen LogP contribution in [-0.4, -0.2) is 73.5 Å². The minimum Gasteiger partial charge on any atom is -0.475 e. The Hall–Kier alpha value is -3.07. The minimum atomic E-state index is -5.08. The van der Waals surface area contributed by atoms with Crippen LogP contribution < -0.4 is 0 Å². The van der Waals surface area contributed by atoms with Crippen molar-refractivity contribution < 1.29 is 50.6 Å². The Morgan fingerprint density at radius 1 is 1.11 bits per heavy atom. The maximum atomic E-state index is 10.6. The number of alkyl halides is 6. The average molecular weight is 516 g/mol. The predicted molar refractivity (Wildman–Crippen MR) is 109 cm³/mol. The zero-order valence-corrected chi connectivity index (χ0v) is 19.1. The second-order valence-electron chi connectivity index (χ2n) is 7.80. The number of carboxylic acid groups (broad SMARTS) is 2. The highest BCUT2D eigenvalue weighted by molar-refractivity contribution is 5.73. The summed E-state index contributed by atoms with van der Waals surface area (Å²) in [6, 6.07) is 2.57. The zero-order valence-electron chi connectivity index (χ0n) is 19.1. The number of hydrogen-bond donors (Lipinski definition) is 2. The first kappa shape index (κ1) is 30.0. The van der Waals surface area contributed by atoms with Gasteiger partial charge in [-0.3, -0.25) is 9.80 Å². The molecule has 0 bridgehead atoms. The van der Waals surface area contributed by atoms with E-state index in [1.54, 1.807) is 6.26 Å². The van der Waals surface area contributed by atoms with E-state index in [1.165, 1.54) is 17.1 Å². The zero-order chi connectivity index (χ0) is 27.0. The van der Waals surface area contributed by atoms with E-state index in [0.29, 0.717) is 6.04 Å². The number of aliphatic carboxylic acids is 2. The molecule has 0 saturated carbocycles. The van der Waals surface area contributed by atoms with Crippen molar-refractivity contribution in [3.05, 3.63) is 41.9 Å². The predicted octanol–water partition coefficient (Wildman–Crippen LogP) is 3.60. The van der Waals surface area contributed by atoms with E-state index in [-0.39, 0.29) is 0 Å². The van der Waals surface area contributed by atoms with Crippen LogP contribution in [0.15, 0.2) is 29.2 Å². The molecule has 0 saturated heterocycles. The van der Waals surface area contributed by atoms with Crippen LogP contribution in [0, 0.1) is 0 Å². The Kier molecular flexibility index (Phi) is 10.8. The third-order valence-electron chi connectivity index (χ3n) is 4.70. The van der Waals surface area contributed by atoms with Gasteiger partial charge in [0.05, 0.1) is 24.8 Å². The van der Waals surface area contributed by atoms with Gasteiger partial charge in [-0.25, -0.2) is 14.6 Å². The Balaban J connectivity index is 0.000000362. The molecular formula is C20H26F6N4O5. The number of aromatic nitrogens is 2. The molecule has 3 heterocycles. The van der Waals surface area contributed by atoms with Crippen LogP contribution >= 0.6 is 0 Å². The third kappa shape index (κ3) is 10.8. The highest BCUT2D eigenvalue weighted by Crippen LogP contribution is 2.17. The Labute approximate surface area is 196 Å². The highest BCUT2D eigenvalue weighted by Gasteiger charge is 2.38. The largest absolute Gasteiger partial charge is 0.490 e. The smallest absolute Gasteiger partial charge is 0.475 e. The molecule has 9 nitrogen and oxygen atoms in total. The lowest BCUT2D eigenvalue weighted by Gasteiger charge is -2.26. The maximum absolute atomic E-state index is 10.6. The molecule has 2 aromatic rings. The molecule has 2 N–H and O–H groups in total. The SMILES string of the molecule is CC(C)N(C)Cc1cn2c(n1)CN(Cc1ccoc1)CC2.O=C(O)C(F)(F)F.O=C(O)C(F)(F)F. The monoisotopic (exact) mass is 516 g/mol. The van der Waals surface area contributed by atoms with Gasteiger partial charge < -0.3 is 19.2 Å². The van der Waals surface area contributed by atoms with Gasteiger partial charge in [0, 0.05) is 44.0 Å². The summed E-state index contributed by atoms with van der Waals surface area (Å²) in [6.07, 6.45) is -4.40. The quantitative estimate of drug-likeness (QED) is 0.580. The number of nitrogens with zero attached hydrogens (tertiary/aromatic N) is 4. The fraction of sp³-hybridized carbons (Fsp3) is 0.550. The van der Waals surface area contributed by atoms with E-state index in [0.717, 1.165) is 32.7 Å². The number of furan rings is 1. The van der Waals surface area contributed by atoms with E-state index in [9.17, 15) is 26.3 Å². The lowest BCUT2D eigenvalue weighted by atomic mass is 10.3. The molecule has 0 amide bonds. The summed E-state index contributed by atoms with van der Waals surface area (Å²) < 4.78 is 70.9. The number of imidazole rings is 1. The number of carboxylic acids is 2. The van der Waals surface area contributed by atoms with Crippen molar-refractivity contribution in [3.8, 4) is 0 Å². The first-order valence-corrected chi connectivity index (χ1v) is 10.1. The number of fused-ring (bicyclic) bond motifs is 1. The topological polar surface area (TPSA) is 112 Å². The van der Waals surface area contributed by atoms with Gasteiger partial charge in [-0.05, 0) is 27.0 Å². The number of rotatable bonds is 5. The summed E-state index contributed by atoms with van der Waals surface area (Å²) in [6.45, 7) is 9.27. The summed E-state index contributed by atoms with van der Waals surface area (Å²) in [4.78, 5) is 27.3. The number of carbonyl (C=O) groups is 2. The highest BCUT2D eigenvalue weighted by atomic mass is 19.4. The summed E-state index contributed by atoms with van der Waals surface area (Å²) in [7, 11) is 2.15. The van der Waals surface area contributed by atoms with Crippen LogP contribution in [0.25, 0.3) is 0 Å². The molecule has 0 aromatic carbocycles. The van der Waals surface area contributed by atoms with Gasteiger partial charge in [-0.1, -0.05) is 0 Å². The lowest BCUT2D eigenvalue weighted by Crippen LogP contribution is -2.33. The van der Waals surface area contributed by atoms with Crippen molar-refractivity contribution in [3.63, 3.8) is 0 Å². The molecule has 198 valence electrons. The Morgan fingerprint density at radius 3 is 2.09 bits per heavy atom. The molecule has 0 atom stereocenters. The van der Waals surface area contributed by atoms with E-state index in [2.05, 4.69) is 41.5 Å². The second kappa shape index (κ2) is 12.6. The van der Waals surface area contributed by atoms with E-state index >= 15 is 0 Å². The van der Waals surface area contributed by atoms with E-state index in [1.807, 2.05) is 12.3 Å². The molecule has 1 aliphatic rings. The standard InChI is InChI=1S/C16H24N4O.2C2HF3O2/c1-13(2)18(3)9-15-10-20-6-5-19(11-16(20)17-15)8-14-4-7-21-12-14;2*3-2(4,5)1(6)7/h4,7,10,12-13H,5-6,8-9,11H2,1-3H3;2*(H,6,7). The molecule has 15 heteroatoms. The average Bonchev–Trinajstić information content (AvgIpc) is 3.36. The van der Waals surface area contributed by atoms with Gasteiger partial charge in [0.2, 0.25) is 0 Å². The van der Waals surface area contributed by atoms with E-state index < -0.39 is 24.3 Å². The number of hydrogen-bond acceptors (Lipinski definition) is 6. The Morgan fingerprint density at radius 2 is 1.66 bits per heavy atom. The van der Waals surface area contributed by atoms with Crippen LogP contribution in [-0.2, 0) is 35.8 Å². The molecule has 0 radical (unpaired) electrons. The third-order valence-corrected chi connectivity index (χ3v) is 4.70. The Bertz CT molecular complexity index is 917. The van der Waals surface area contributed by atoms with Crippen LogP contribution in [0.4, 0.5) is 26.3 Å². The molecule has 0 fully saturated rings. The van der Waals surface area contributed by atoms with Gasteiger partial charge in [0.25, 0.3) is 0 Å². The summed E-state index contributed by atoms with van der Waals surface area (Å²) >= 11 is 0. The first-order chi connectivity index (χ1) is 16.0. The van der Waals surface area contributed by atoms with Crippen molar-refractivity contribution in [2.24, 2.45) is 0 Å². The number of halogens is 6. The molecular weight excluding hydrogens is 490 g/mol. The second-order valence-corrected chi connectivity index (χ2v) is 7.80. The molecule has 35 heavy (non-hydrogen) atoms. The van der Waals surface area contributed by atoms with Crippen LogP contribution in [0.1, 0.15) is 30.9 Å². The van der Waals surface area contributed by atoms with E-state index in [4.69, 9.17) is 29.2 Å². The molecule has 0 spiro atoms. The fourth-order valence-electron chi connectivity index (χ4n) is 2.65. The van der Waals surface area contributed by atoms with Crippen molar-refractivity contribution in [1.82, 2.24) is 19.4 Å². The molecule has 2 aromatic heterocycles. The normalized spacial score (nSPS) is 14.0.